The summed E-state index contributed by atoms with van der Waals surface area (Å²) in [6.07, 6.45) is 6.85. The molecule has 110 valence electrons. The quantitative estimate of drug-likeness (QED) is 0.803. The van der Waals surface area contributed by atoms with Gasteiger partial charge in [0.25, 0.3) is 0 Å². The van der Waals surface area contributed by atoms with Crippen LogP contribution in [-0.2, 0) is 0 Å². The van der Waals surface area contributed by atoms with Crippen molar-refractivity contribution in [2.24, 2.45) is 5.73 Å². The smallest absolute Gasteiger partial charge is 0.231 e. The molecule has 1 aliphatic heterocycles. The van der Waals surface area contributed by atoms with Crippen LogP contribution < -0.4 is 15.2 Å². The van der Waals surface area contributed by atoms with Crippen molar-refractivity contribution in [2.45, 2.75) is 6.04 Å². The molecule has 3 heterocycles. The molecule has 2 aromatic heterocycles. The van der Waals surface area contributed by atoms with Crippen molar-refractivity contribution in [1.82, 2.24) is 4.98 Å². The summed E-state index contributed by atoms with van der Waals surface area (Å²) in [6, 6.07) is 9.46. The number of hydrogen-bond donors (Lipinski definition) is 1. The first kappa shape index (κ1) is 12.9. The van der Waals surface area contributed by atoms with Crippen LogP contribution in [0.5, 0.6) is 11.5 Å². The third kappa shape index (κ3) is 2.21. The first-order valence-electron chi connectivity index (χ1n) is 6.94. The molecular weight excluding hydrogens is 280 g/mol. The monoisotopic (exact) mass is 294 g/mol. The summed E-state index contributed by atoms with van der Waals surface area (Å²) in [5, 5.41) is 0. The average molecular weight is 294 g/mol. The summed E-state index contributed by atoms with van der Waals surface area (Å²) in [6.45, 7) is 0.266. The summed E-state index contributed by atoms with van der Waals surface area (Å²) in [4.78, 5) is 4.30. The molecular formula is C17H14N2O3. The second-order valence-corrected chi connectivity index (χ2v) is 5.11. The Hall–Kier alpha value is -2.79. The van der Waals surface area contributed by atoms with Gasteiger partial charge in [0.15, 0.2) is 11.5 Å². The number of nitrogens with zero attached hydrogens (tertiary/aromatic N) is 1. The van der Waals surface area contributed by atoms with Crippen LogP contribution in [0.2, 0.25) is 0 Å². The molecule has 1 aromatic carbocycles. The molecule has 0 saturated carbocycles. The van der Waals surface area contributed by atoms with Crippen molar-refractivity contribution in [2.75, 3.05) is 6.79 Å². The van der Waals surface area contributed by atoms with E-state index in [9.17, 15) is 0 Å². The molecule has 2 N–H and O–H groups in total. The second-order valence-electron chi connectivity index (χ2n) is 5.11. The van der Waals surface area contributed by atoms with E-state index in [4.69, 9.17) is 19.6 Å². The van der Waals surface area contributed by atoms with Crippen molar-refractivity contribution in [3.63, 3.8) is 0 Å². The van der Waals surface area contributed by atoms with Gasteiger partial charge >= 0.3 is 0 Å². The minimum absolute atomic E-state index is 0.264. The lowest BCUT2D eigenvalue weighted by atomic mass is 10.00. The van der Waals surface area contributed by atoms with Gasteiger partial charge in [0.2, 0.25) is 6.79 Å². The van der Waals surface area contributed by atoms with Crippen LogP contribution in [0.3, 0.4) is 0 Å². The maximum atomic E-state index is 6.25. The first-order chi connectivity index (χ1) is 10.8. The lowest BCUT2D eigenvalue weighted by molar-refractivity contribution is 0.174. The Kier molecular flexibility index (Phi) is 3.05. The van der Waals surface area contributed by atoms with E-state index in [-0.39, 0.29) is 12.8 Å². The zero-order valence-corrected chi connectivity index (χ0v) is 11.7. The summed E-state index contributed by atoms with van der Waals surface area (Å²) < 4.78 is 15.8. The number of hydrogen-bond acceptors (Lipinski definition) is 5. The van der Waals surface area contributed by atoms with E-state index in [1.165, 1.54) is 0 Å². The van der Waals surface area contributed by atoms with Gasteiger partial charge in [0, 0.05) is 23.5 Å². The highest BCUT2D eigenvalue weighted by Crippen LogP contribution is 2.36. The van der Waals surface area contributed by atoms with Crippen LogP contribution in [0.1, 0.15) is 17.2 Å². The normalized spacial score (nSPS) is 14.0. The fourth-order valence-corrected chi connectivity index (χ4v) is 2.51. The molecule has 0 amide bonds. The van der Waals surface area contributed by atoms with Crippen molar-refractivity contribution in [3.05, 3.63) is 66.4 Å². The van der Waals surface area contributed by atoms with Crippen molar-refractivity contribution in [3.8, 4) is 22.6 Å². The van der Waals surface area contributed by atoms with Gasteiger partial charge in [-0.2, -0.15) is 0 Å². The number of pyridine rings is 1. The minimum atomic E-state index is -0.264. The molecule has 0 radical (unpaired) electrons. The molecule has 22 heavy (non-hydrogen) atoms. The summed E-state index contributed by atoms with van der Waals surface area (Å²) in [7, 11) is 0. The summed E-state index contributed by atoms with van der Waals surface area (Å²) >= 11 is 0. The molecule has 5 nitrogen and oxygen atoms in total. The van der Waals surface area contributed by atoms with Crippen LogP contribution in [0, 0.1) is 0 Å². The fraction of sp³-hybridized carbons (Fsp3) is 0.118. The molecule has 0 spiro atoms. The van der Waals surface area contributed by atoms with Gasteiger partial charge in [0.05, 0.1) is 18.6 Å². The first-order valence-corrected chi connectivity index (χ1v) is 6.94. The molecule has 0 saturated heterocycles. The van der Waals surface area contributed by atoms with Crippen LogP contribution in [-0.4, -0.2) is 11.8 Å². The Bertz CT molecular complexity index is 799. The number of rotatable bonds is 3. The Morgan fingerprint density at radius 1 is 0.955 bits per heavy atom. The van der Waals surface area contributed by atoms with Gasteiger partial charge in [-0.05, 0) is 35.4 Å². The van der Waals surface area contributed by atoms with Crippen LogP contribution in [0.15, 0.2) is 59.7 Å². The van der Waals surface area contributed by atoms with Gasteiger partial charge in [-0.1, -0.05) is 6.07 Å². The summed E-state index contributed by atoms with van der Waals surface area (Å²) in [5.41, 5.74) is 10.1. The molecule has 4 rings (SSSR count). The highest BCUT2D eigenvalue weighted by Gasteiger charge is 2.15. The van der Waals surface area contributed by atoms with E-state index in [0.29, 0.717) is 0 Å². The van der Waals surface area contributed by atoms with Crippen molar-refractivity contribution < 1.29 is 13.9 Å². The molecule has 1 aliphatic rings. The SMILES string of the molecule is NC(c1ccoc1)c1cncc(-c2ccc3c(c2)OCO3)c1. The number of aromatic nitrogens is 1. The number of benzene rings is 1. The number of fused-ring (bicyclic) bond motifs is 1. The second kappa shape index (κ2) is 5.20. The van der Waals surface area contributed by atoms with E-state index in [0.717, 1.165) is 33.8 Å². The lowest BCUT2D eigenvalue weighted by Crippen LogP contribution is -2.11. The summed E-state index contributed by atoms with van der Waals surface area (Å²) in [5.74, 6) is 1.52. The molecule has 5 heteroatoms. The molecule has 0 aliphatic carbocycles. The zero-order valence-electron chi connectivity index (χ0n) is 11.7. The number of nitrogens with two attached hydrogens (primary N) is 1. The van der Waals surface area contributed by atoms with Gasteiger partial charge in [-0.3, -0.25) is 4.98 Å². The van der Waals surface area contributed by atoms with Crippen LogP contribution >= 0.6 is 0 Å². The van der Waals surface area contributed by atoms with E-state index < -0.39 is 0 Å². The third-order valence-electron chi connectivity index (χ3n) is 3.73. The number of ether oxygens (including phenoxy) is 2. The topological polar surface area (TPSA) is 70.5 Å². The molecule has 0 fully saturated rings. The third-order valence-corrected chi connectivity index (χ3v) is 3.73. The Balaban J connectivity index is 1.70. The predicted molar refractivity (Wildman–Crippen MR) is 80.5 cm³/mol. The largest absolute Gasteiger partial charge is 0.472 e. The molecule has 1 atom stereocenters. The maximum absolute atomic E-state index is 6.25. The van der Waals surface area contributed by atoms with Crippen LogP contribution in [0.4, 0.5) is 0 Å². The Morgan fingerprint density at radius 3 is 2.73 bits per heavy atom. The maximum Gasteiger partial charge on any atom is 0.231 e. The predicted octanol–water partition coefficient (Wildman–Crippen LogP) is 3.12. The van der Waals surface area contributed by atoms with Crippen molar-refractivity contribution >= 4 is 0 Å². The van der Waals surface area contributed by atoms with E-state index in [1.807, 2.05) is 36.5 Å². The Labute approximate surface area is 127 Å². The average Bonchev–Trinajstić information content (AvgIpc) is 3.25. The Morgan fingerprint density at radius 2 is 1.86 bits per heavy atom. The minimum Gasteiger partial charge on any atom is -0.472 e. The van der Waals surface area contributed by atoms with Crippen molar-refractivity contribution in [1.29, 1.82) is 0 Å². The molecule has 1 unspecified atom stereocenters. The molecule has 0 bridgehead atoms. The van der Waals surface area contributed by atoms with E-state index >= 15 is 0 Å². The zero-order chi connectivity index (χ0) is 14.9. The van der Waals surface area contributed by atoms with Gasteiger partial charge < -0.3 is 19.6 Å². The van der Waals surface area contributed by atoms with Gasteiger partial charge in [-0.15, -0.1) is 0 Å². The lowest BCUT2D eigenvalue weighted by Gasteiger charge is -2.11. The highest BCUT2D eigenvalue weighted by molar-refractivity contribution is 5.67. The molecule has 3 aromatic rings. The standard InChI is InChI=1S/C17H14N2O3/c18-17(12-3-4-20-9-12)14-5-13(7-19-8-14)11-1-2-15-16(6-11)22-10-21-15/h1-9,17H,10,18H2. The van der Waals surface area contributed by atoms with Gasteiger partial charge in [0.1, 0.15) is 0 Å². The van der Waals surface area contributed by atoms with Crippen LogP contribution in [0.25, 0.3) is 11.1 Å². The highest BCUT2D eigenvalue weighted by atomic mass is 16.7. The van der Waals surface area contributed by atoms with Gasteiger partial charge in [-0.25, -0.2) is 0 Å². The van der Waals surface area contributed by atoms with E-state index in [2.05, 4.69) is 4.98 Å². The fourth-order valence-electron chi connectivity index (χ4n) is 2.51. The number of furan rings is 1. The van der Waals surface area contributed by atoms with E-state index in [1.54, 1.807) is 18.7 Å².